The molecule has 2 rings (SSSR count). The van der Waals surface area contributed by atoms with E-state index in [1.165, 1.54) is 5.56 Å². The van der Waals surface area contributed by atoms with E-state index in [0.717, 1.165) is 12.1 Å². The quantitative estimate of drug-likeness (QED) is 0.826. The molecule has 3 nitrogen and oxygen atoms in total. The second-order valence-electron chi connectivity index (χ2n) is 3.33. The van der Waals surface area contributed by atoms with Crippen LogP contribution in [0.4, 0.5) is 0 Å². The highest BCUT2D eigenvalue weighted by molar-refractivity contribution is 5.23. The molecule has 0 amide bonds. The Kier molecular flexibility index (Phi) is 3.02. The topological polar surface area (TPSA) is 37.9 Å². The summed E-state index contributed by atoms with van der Waals surface area (Å²) in [6, 6.07) is 12.2. The van der Waals surface area contributed by atoms with Gasteiger partial charge in [0.15, 0.2) is 0 Å². The number of aromatic nitrogens is 2. The van der Waals surface area contributed by atoms with Crippen molar-refractivity contribution in [2.24, 2.45) is 0 Å². The zero-order valence-corrected chi connectivity index (χ0v) is 8.73. The summed E-state index contributed by atoms with van der Waals surface area (Å²) >= 11 is 0. The van der Waals surface area contributed by atoms with E-state index in [1.54, 1.807) is 0 Å². The van der Waals surface area contributed by atoms with Crippen molar-refractivity contribution in [3.8, 4) is 5.88 Å². The van der Waals surface area contributed by atoms with Gasteiger partial charge in [0.05, 0.1) is 6.61 Å². The molecular weight excluding hydrogens is 188 g/mol. The number of hydrogen-bond donors (Lipinski definition) is 1. The minimum absolute atomic E-state index is 0.648. The number of benzene rings is 1. The third kappa shape index (κ3) is 2.59. The Hall–Kier alpha value is -1.77. The van der Waals surface area contributed by atoms with Crippen LogP contribution in [0.3, 0.4) is 0 Å². The molecular formula is C12H14N2O. The summed E-state index contributed by atoms with van der Waals surface area (Å²) in [6.45, 7) is 2.60. The van der Waals surface area contributed by atoms with Gasteiger partial charge in [-0.15, -0.1) is 5.10 Å². The van der Waals surface area contributed by atoms with Crippen molar-refractivity contribution in [1.82, 2.24) is 10.2 Å². The van der Waals surface area contributed by atoms with Crippen LogP contribution in [-0.2, 0) is 6.42 Å². The van der Waals surface area contributed by atoms with Crippen LogP contribution in [-0.4, -0.2) is 16.8 Å². The Morgan fingerprint density at radius 1 is 1.27 bits per heavy atom. The lowest BCUT2D eigenvalue weighted by Gasteiger charge is -1.96. The molecule has 0 spiro atoms. The third-order valence-electron chi connectivity index (χ3n) is 2.14. The van der Waals surface area contributed by atoms with Crippen LogP contribution in [0.25, 0.3) is 0 Å². The van der Waals surface area contributed by atoms with Gasteiger partial charge in [0.2, 0.25) is 5.88 Å². The molecule has 0 saturated carbocycles. The van der Waals surface area contributed by atoms with Crippen LogP contribution in [0.5, 0.6) is 5.88 Å². The maximum Gasteiger partial charge on any atom is 0.232 e. The first-order valence-corrected chi connectivity index (χ1v) is 5.09. The largest absolute Gasteiger partial charge is 0.477 e. The lowest BCUT2D eigenvalue weighted by molar-refractivity contribution is 0.326. The molecule has 0 radical (unpaired) electrons. The molecule has 0 atom stereocenters. The molecule has 0 saturated heterocycles. The number of nitrogens with one attached hydrogen (secondary N) is 1. The molecule has 78 valence electrons. The number of rotatable bonds is 4. The highest BCUT2D eigenvalue weighted by Crippen LogP contribution is 2.12. The standard InChI is InChI=1S/C12H14N2O/c1-2-15-12-9-11(13-14-12)8-10-6-4-3-5-7-10/h3-7,9H,2,8H2,1H3,(H,13,14). The van der Waals surface area contributed by atoms with Gasteiger partial charge < -0.3 is 4.74 Å². The fourth-order valence-electron chi connectivity index (χ4n) is 1.47. The average Bonchev–Trinajstić information content (AvgIpc) is 2.68. The van der Waals surface area contributed by atoms with Crippen LogP contribution in [0.15, 0.2) is 36.4 Å². The predicted octanol–water partition coefficient (Wildman–Crippen LogP) is 2.40. The van der Waals surface area contributed by atoms with E-state index < -0.39 is 0 Å². The molecule has 1 heterocycles. The van der Waals surface area contributed by atoms with Crippen LogP contribution in [0.1, 0.15) is 18.2 Å². The molecule has 1 aromatic heterocycles. The highest BCUT2D eigenvalue weighted by atomic mass is 16.5. The number of hydrogen-bond acceptors (Lipinski definition) is 2. The zero-order valence-electron chi connectivity index (χ0n) is 8.73. The first-order chi connectivity index (χ1) is 7.38. The molecule has 1 aromatic carbocycles. The number of H-pyrrole nitrogens is 1. The summed E-state index contributed by atoms with van der Waals surface area (Å²) in [5, 5.41) is 7.02. The van der Waals surface area contributed by atoms with E-state index in [-0.39, 0.29) is 0 Å². The second-order valence-corrected chi connectivity index (χ2v) is 3.33. The SMILES string of the molecule is CCOc1cc(Cc2ccccc2)[nH]n1. The summed E-state index contributed by atoms with van der Waals surface area (Å²) in [7, 11) is 0. The van der Waals surface area contributed by atoms with Gasteiger partial charge in [-0.3, -0.25) is 5.10 Å². The summed E-state index contributed by atoms with van der Waals surface area (Å²) < 4.78 is 5.28. The number of nitrogens with zero attached hydrogens (tertiary/aromatic N) is 1. The maximum atomic E-state index is 5.28. The minimum atomic E-state index is 0.648. The first kappa shape index (κ1) is 9.77. The number of ether oxygens (including phenoxy) is 1. The van der Waals surface area contributed by atoms with Crippen LogP contribution in [0, 0.1) is 0 Å². The smallest absolute Gasteiger partial charge is 0.232 e. The normalized spacial score (nSPS) is 10.2. The Bertz CT molecular complexity index is 409. The number of aromatic amines is 1. The zero-order chi connectivity index (χ0) is 10.5. The Morgan fingerprint density at radius 2 is 2.07 bits per heavy atom. The van der Waals surface area contributed by atoms with Crippen molar-refractivity contribution in [2.45, 2.75) is 13.3 Å². The molecule has 2 aromatic rings. The van der Waals surface area contributed by atoms with Crippen molar-refractivity contribution in [2.75, 3.05) is 6.61 Å². The Morgan fingerprint density at radius 3 is 2.80 bits per heavy atom. The van der Waals surface area contributed by atoms with Crippen LogP contribution >= 0.6 is 0 Å². The second kappa shape index (κ2) is 4.64. The fourth-order valence-corrected chi connectivity index (χ4v) is 1.47. The van der Waals surface area contributed by atoms with Gasteiger partial charge in [0.25, 0.3) is 0 Å². The minimum Gasteiger partial charge on any atom is -0.477 e. The molecule has 0 unspecified atom stereocenters. The van der Waals surface area contributed by atoms with Gasteiger partial charge in [-0.1, -0.05) is 30.3 Å². The third-order valence-corrected chi connectivity index (χ3v) is 2.14. The molecule has 0 aliphatic heterocycles. The lowest BCUT2D eigenvalue weighted by atomic mass is 10.1. The monoisotopic (exact) mass is 202 g/mol. The summed E-state index contributed by atoms with van der Waals surface area (Å²) in [5.74, 6) is 0.670. The van der Waals surface area contributed by atoms with Gasteiger partial charge in [-0.25, -0.2) is 0 Å². The Balaban J connectivity index is 2.05. The fraction of sp³-hybridized carbons (Fsp3) is 0.250. The molecule has 0 bridgehead atoms. The summed E-state index contributed by atoms with van der Waals surface area (Å²) in [4.78, 5) is 0. The molecule has 3 heteroatoms. The summed E-state index contributed by atoms with van der Waals surface area (Å²) in [6.07, 6.45) is 0.862. The van der Waals surface area contributed by atoms with Crippen molar-refractivity contribution >= 4 is 0 Å². The van der Waals surface area contributed by atoms with Gasteiger partial charge >= 0.3 is 0 Å². The van der Waals surface area contributed by atoms with Gasteiger partial charge in [-0.05, 0) is 12.5 Å². The molecule has 0 aliphatic carbocycles. The average molecular weight is 202 g/mol. The van der Waals surface area contributed by atoms with Crippen molar-refractivity contribution in [3.05, 3.63) is 47.7 Å². The summed E-state index contributed by atoms with van der Waals surface area (Å²) in [5.41, 5.74) is 2.34. The van der Waals surface area contributed by atoms with E-state index in [0.29, 0.717) is 12.5 Å². The molecule has 0 fully saturated rings. The first-order valence-electron chi connectivity index (χ1n) is 5.09. The maximum absolute atomic E-state index is 5.28. The van der Waals surface area contributed by atoms with E-state index >= 15 is 0 Å². The van der Waals surface area contributed by atoms with Crippen LogP contribution in [0.2, 0.25) is 0 Å². The van der Waals surface area contributed by atoms with Gasteiger partial charge in [-0.2, -0.15) is 0 Å². The van der Waals surface area contributed by atoms with E-state index in [9.17, 15) is 0 Å². The molecule has 15 heavy (non-hydrogen) atoms. The highest BCUT2D eigenvalue weighted by Gasteiger charge is 2.01. The molecule has 1 N–H and O–H groups in total. The predicted molar refractivity (Wildman–Crippen MR) is 59.0 cm³/mol. The van der Waals surface area contributed by atoms with E-state index in [2.05, 4.69) is 22.3 Å². The van der Waals surface area contributed by atoms with Gasteiger partial charge in [0.1, 0.15) is 0 Å². The molecule has 0 aliphatic rings. The van der Waals surface area contributed by atoms with Gasteiger partial charge in [0, 0.05) is 18.2 Å². The van der Waals surface area contributed by atoms with E-state index in [4.69, 9.17) is 4.74 Å². The van der Waals surface area contributed by atoms with Crippen molar-refractivity contribution in [1.29, 1.82) is 0 Å². The van der Waals surface area contributed by atoms with Crippen molar-refractivity contribution < 1.29 is 4.74 Å². The van der Waals surface area contributed by atoms with E-state index in [1.807, 2.05) is 31.2 Å². The Labute approximate surface area is 89.1 Å². The van der Waals surface area contributed by atoms with Crippen molar-refractivity contribution in [3.63, 3.8) is 0 Å². The lowest BCUT2D eigenvalue weighted by Crippen LogP contribution is -1.90. The van der Waals surface area contributed by atoms with Crippen LogP contribution < -0.4 is 4.74 Å².